The second-order valence-corrected chi connectivity index (χ2v) is 5.76. The van der Waals surface area contributed by atoms with Crippen LogP contribution in [0, 0.1) is 11.7 Å². The number of rotatable bonds is 5. The van der Waals surface area contributed by atoms with Gasteiger partial charge in [0, 0.05) is 17.2 Å². The van der Waals surface area contributed by atoms with Gasteiger partial charge in [-0.1, -0.05) is 24.3 Å². The summed E-state index contributed by atoms with van der Waals surface area (Å²) in [5, 5.41) is 11.6. The number of ether oxygens (including phenoxy) is 2. The van der Waals surface area contributed by atoms with Gasteiger partial charge in [0.05, 0.1) is 20.4 Å². The highest BCUT2D eigenvalue weighted by atomic mass is 32.1. The average molecular weight is 354 g/mol. The molecule has 128 valence electrons. The topological polar surface area (TPSA) is 64.4 Å². The number of methoxy groups -OCH3 is 2. The molecule has 0 unspecified atom stereocenters. The van der Waals surface area contributed by atoms with Crippen molar-refractivity contribution in [2.45, 2.75) is 6.92 Å². The molecule has 25 heavy (non-hydrogen) atoms. The fraction of sp³-hybridized carbons (Fsp3) is 0.167. The highest BCUT2D eigenvalue weighted by molar-refractivity contribution is 7.71. The Morgan fingerprint density at radius 3 is 2.44 bits per heavy atom. The van der Waals surface area contributed by atoms with Gasteiger partial charge in [-0.3, -0.25) is 0 Å². The van der Waals surface area contributed by atoms with Gasteiger partial charge in [0.15, 0.2) is 5.82 Å². The maximum atomic E-state index is 5.31. The third kappa shape index (κ3) is 3.61. The largest absolute Gasteiger partial charge is 0.497 e. The molecule has 0 saturated heterocycles. The van der Waals surface area contributed by atoms with Gasteiger partial charge in [0.2, 0.25) is 4.77 Å². The Hall–Kier alpha value is -2.93. The molecule has 0 aliphatic rings. The molecule has 1 N–H and O–H groups in total. The second-order valence-electron chi connectivity index (χ2n) is 5.37. The minimum Gasteiger partial charge on any atom is -0.497 e. The van der Waals surface area contributed by atoms with E-state index in [4.69, 9.17) is 21.7 Å². The first kappa shape index (κ1) is 16.9. The molecule has 6 nitrogen and oxygen atoms in total. The average Bonchev–Trinajstić information content (AvgIpc) is 3.00. The smallest absolute Gasteiger partial charge is 0.216 e. The van der Waals surface area contributed by atoms with Crippen molar-refractivity contribution in [2.75, 3.05) is 14.2 Å². The van der Waals surface area contributed by atoms with Crippen LogP contribution in [0.5, 0.6) is 11.5 Å². The molecule has 3 aromatic rings. The Bertz CT molecular complexity index is 953. The number of aromatic amines is 1. The zero-order chi connectivity index (χ0) is 17.8. The Balaban J connectivity index is 2.02. The lowest BCUT2D eigenvalue weighted by molar-refractivity contribution is 0.394. The van der Waals surface area contributed by atoms with Gasteiger partial charge in [-0.05, 0) is 36.8 Å². The van der Waals surface area contributed by atoms with E-state index >= 15 is 0 Å². The van der Waals surface area contributed by atoms with Crippen LogP contribution >= 0.6 is 12.2 Å². The summed E-state index contributed by atoms with van der Waals surface area (Å²) in [6.45, 7) is 2.02. The number of aromatic nitrogens is 3. The number of hydrogen-bond donors (Lipinski definition) is 1. The van der Waals surface area contributed by atoms with Crippen molar-refractivity contribution in [3.63, 3.8) is 0 Å². The Kier molecular flexibility index (Phi) is 4.95. The summed E-state index contributed by atoms with van der Waals surface area (Å²) < 4.78 is 12.6. The normalized spacial score (nSPS) is 11.0. The first-order valence-corrected chi connectivity index (χ1v) is 8.04. The summed E-state index contributed by atoms with van der Waals surface area (Å²) in [4.78, 5) is 0. The van der Waals surface area contributed by atoms with Crippen LogP contribution in [0.1, 0.15) is 11.1 Å². The predicted octanol–water partition coefficient (Wildman–Crippen LogP) is 3.82. The van der Waals surface area contributed by atoms with E-state index in [2.05, 4.69) is 15.3 Å². The van der Waals surface area contributed by atoms with Crippen molar-refractivity contribution in [1.29, 1.82) is 0 Å². The van der Waals surface area contributed by atoms with Crippen molar-refractivity contribution < 1.29 is 9.47 Å². The summed E-state index contributed by atoms with van der Waals surface area (Å²) in [5.41, 5.74) is 2.89. The van der Waals surface area contributed by atoms with Crippen molar-refractivity contribution in [3.8, 4) is 22.9 Å². The van der Waals surface area contributed by atoms with Gasteiger partial charge in [-0.2, -0.15) is 14.9 Å². The fourth-order valence-corrected chi connectivity index (χ4v) is 2.60. The first-order chi connectivity index (χ1) is 12.1. The molecule has 1 aromatic heterocycles. The van der Waals surface area contributed by atoms with E-state index in [0.29, 0.717) is 22.1 Å². The summed E-state index contributed by atoms with van der Waals surface area (Å²) in [6, 6.07) is 13.5. The molecule has 0 atom stereocenters. The number of benzene rings is 2. The van der Waals surface area contributed by atoms with Crippen LogP contribution in [-0.2, 0) is 0 Å². The molecular formula is C18H18N4O2S. The summed E-state index contributed by atoms with van der Waals surface area (Å²) >= 11 is 5.31. The molecule has 3 rings (SSSR count). The number of H-pyrrole nitrogens is 1. The predicted molar refractivity (Wildman–Crippen MR) is 100 cm³/mol. The molecule has 0 aliphatic carbocycles. The quantitative estimate of drug-likeness (QED) is 0.559. The summed E-state index contributed by atoms with van der Waals surface area (Å²) in [5.74, 6) is 2.04. The molecular weight excluding hydrogens is 336 g/mol. The number of nitrogens with zero attached hydrogens (tertiary/aromatic N) is 3. The summed E-state index contributed by atoms with van der Waals surface area (Å²) in [7, 11) is 3.22. The van der Waals surface area contributed by atoms with Gasteiger partial charge in [0.25, 0.3) is 0 Å². The van der Waals surface area contributed by atoms with E-state index < -0.39 is 0 Å². The van der Waals surface area contributed by atoms with E-state index in [9.17, 15) is 0 Å². The lowest BCUT2D eigenvalue weighted by Gasteiger charge is -2.06. The Morgan fingerprint density at radius 2 is 1.80 bits per heavy atom. The van der Waals surface area contributed by atoms with E-state index in [-0.39, 0.29) is 0 Å². The van der Waals surface area contributed by atoms with E-state index in [1.165, 1.54) is 0 Å². The number of hydrogen-bond acceptors (Lipinski definition) is 5. The van der Waals surface area contributed by atoms with Crippen molar-refractivity contribution in [3.05, 3.63) is 58.4 Å². The van der Waals surface area contributed by atoms with Gasteiger partial charge >= 0.3 is 0 Å². The highest BCUT2D eigenvalue weighted by Crippen LogP contribution is 2.23. The number of aryl methyl sites for hydroxylation is 1. The molecule has 0 spiro atoms. The Labute approximate surface area is 150 Å². The van der Waals surface area contributed by atoms with Crippen LogP contribution in [0.2, 0.25) is 0 Å². The molecule has 0 radical (unpaired) electrons. The van der Waals surface area contributed by atoms with Crippen LogP contribution in [-0.4, -0.2) is 35.3 Å². The standard InChI is InChI=1S/C18H18N4O2S/c1-12-6-4-5-7-16(12)17-20-21-18(25)22(17)19-11-13-8-14(23-2)10-15(9-13)24-3/h4-11H,1-3H3,(H,21,25)/b19-11-. The third-order valence-corrected chi connectivity index (χ3v) is 4.00. The number of nitrogens with one attached hydrogen (secondary N) is 1. The van der Waals surface area contributed by atoms with Gasteiger partial charge in [-0.15, -0.1) is 0 Å². The molecule has 0 fully saturated rings. The van der Waals surface area contributed by atoms with Crippen molar-refractivity contribution in [1.82, 2.24) is 14.9 Å². The Morgan fingerprint density at radius 1 is 1.12 bits per heavy atom. The molecule has 0 saturated carbocycles. The molecule has 0 aliphatic heterocycles. The third-order valence-electron chi connectivity index (χ3n) is 3.73. The maximum absolute atomic E-state index is 5.31. The zero-order valence-electron chi connectivity index (χ0n) is 14.2. The van der Waals surface area contributed by atoms with Crippen molar-refractivity contribution in [2.24, 2.45) is 5.10 Å². The maximum Gasteiger partial charge on any atom is 0.216 e. The molecule has 0 bridgehead atoms. The monoisotopic (exact) mass is 354 g/mol. The van der Waals surface area contributed by atoms with Crippen LogP contribution in [0.3, 0.4) is 0 Å². The van der Waals surface area contributed by atoms with Crippen LogP contribution < -0.4 is 9.47 Å². The fourth-order valence-electron chi connectivity index (χ4n) is 2.43. The molecule has 7 heteroatoms. The second kappa shape index (κ2) is 7.31. The minimum atomic E-state index is 0.421. The molecule has 1 heterocycles. The molecule has 2 aromatic carbocycles. The van der Waals surface area contributed by atoms with E-state index in [1.807, 2.05) is 43.3 Å². The van der Waals surface area contributed by atoms with E-state index in [0.717, 1.165) is 16.7 Å². The van der Waals surface area contributed by atoms with Crippen LogP contribution in [0.4, 0.5) is 0 Å². The first-order valence-electron chi connectivity index (χ1n) is 7.63. The van der Waals surface area contributed by atoms with Crippen LogP contribution in [0.15, 0.2) is 47.6 Å². The van der Waals surface area contributed by atoms with Crippen molar-refractivity contribution >= 4 is 18.4 Å². The van der Waals surface area contributed by atoms with Crippen LogP contribution in [0.25, 0.3) is 11.4 Å². The minimum absolute atomic E-state index is 0.421. The van der Waals surface area contributed by atoms with E-state index in [1.54, 1.807) is 31.2 Å². The zero-order valence-corrected chi connectivity index (χ0v) is 15.0. The SMILES string of the molecule is COc1cc(/C=N\n2c(-c3ccccc3C)n[nH]c2=S)cc(OC)c1. The highest BCUT2D eigenvalue weighted by Gasteiger charge is 2.10. The van der Waals surface area contributed by atoms with Gasteiger partial charge in [-0.25, -0.2) is 5.10 Å². The lowest BCUT2D eigenvalue weighted by atomic mass is 10.1. The summed E-state index contributed by atoms with van der Waals surface area (Å²) in [6.07, 6.45) is 1.69. The molecule has 0 amide bonds. The lowest BCUT2D eigenvalue weighted by Crippen LogP contribution is -1.97. The van der Waals surface area contributed by atoms with Gasteiger partial charge in [0.1, 0.15) is 11.5 Å². The van der Waals surface area contributed by atoms with Gasteiger partial charge < -0.3 is 9.47 Å².